The number of carbonyl (C=O) groups excluding carboxylic acids is 1. The van der Waals surface area contributed by atoms with Gasteiger partial charge in [0.05, 0.1) is 5.56 Å². The van der Waals surface area contributed by atoms with E-state index >= 15 is 0 Å². The second-order valence-corrected chi connectivity index (χ2v) is 6.26. The minimum Gasteiger partial charge on any atom is -0.507 e. The van der Waals surface area contributed by atoms with Gasteiger partial charge >= 0.3 is 5.63 Å². The maximum Gasteiger partial charge on any atom is 0.336 e. The summed E-state index contributed by atoms with van der Waals surface area (Å²) >= 11 is 0. The van der Waals surface area contributed by atoms with Crippen molar-refractivity contribution in [3.8, 4) is 16.9 Å². The topological polar surface area (TPSA) is 70.8 Å². The average Bonchev–Trinajstić information content (AvgIpc) is 2.63. The molecule has 0 amide bonds. The Morgan fingerprint density at radius 2 is 1.85 bits per heavy atom. The Balaban J connectivity index is 2.31. The maximum absolute atomic E-state index is 12.5. The van der Waals surface area contributed by atoms with Crippen LogP contribution in [0.2, 0.25) is 0 Å². The average molecular weight is 349 g/mol. The number of benzene rings is 2. The molecule has 3 rings (SSSR count). The highest BCUT2D eigenvalue weighted by Crippen LogP contribution is 2.35. The van der Waals surface area contributed by atoms with Gasteiger partial charge in [-0.1, -0.05) is 30.3 Å². The largest absolute Gasteiger partial charge is 0.507 e. The summed E-state index contributed by atoms with van der Waals surface area (Å²) in [5.74, 6) is -0.509. The molecule has 3 aromatic rings. The van der Waals surface area contributed by atoms with Crippen molar-refractivity contribution in [2.75, 3.05) is 14.1 Å². The molecular formula is C21H19NO4. The SMILES string of the molecule is Cc1c(O)c(C(=O)C=CN(C)C)cc2c(-c3ccccc3)cc(=O)oc12. The first-order valence-corrected chi connectivity index (χ1v) is 8.13. The first-order valence-electron chi connectivity index (χ1n) is 8.13. The summed E-state index contributed by atoms with van der Waals surface area (Å²) in [7, 11) is 3.61. The van der Waals surface area contributed by atoms with E-state index in [9.17, 15) is 14.7 Å². The number of phenols is 1. The quantitative estimate of drug-likeness (QED) is 0.441. The van der Waals surface area contributed by atoms with E-state index < -0.39 is 5.63 Å². The van der Waals surface area contributed by atoms with Gasteiger partial charge in [0, 0.05) is 43.4 Å². The van der Waals surface area contributed by atoms with Gasteiger partial charge < -0.3 is 14.4 Å². The third-order valence-corrected chi connectivity index (χ3v) is 4.11. The van der Waals surface area contributed by atoms with Crippen LogP contribution in [0.3, 0.4) is 0 Å². The molecule has 1 heterocycles. The molecule has 0 unspecified atom stereocenters. The summed E-state index contributed by atoms with van der Waals surface area (Å²) < 4.78 is 5.32. The van der Waals surface area contributed by atoms with Gasteiger partial charge in [0.1, 0.15) is 11.3 Å². The number of hydrogen-bond acceptors (Lipinski definition) is 5. The van der Waals surface area contributed by atoms with Crippen molar-refractivity contribution in [3.63, 3.8) is 0 Å². The summed E-state index contributed by atoms with van der Waals surface area (Å²) in [6, 6.07) is 12.4. The molecule has 132 valence electrons. The number of aryl methyl sites for hydroxylation is 1. The molecule has 0 aliphatic heterocycles. The third kappa shape index (κ3) is 3.24. The van der Waals surface area contributed by atoms with Gasteiger partial charge in [-0.05, 0) is 24.1 Å². The molecule has 5 heteroatoms. The second kappa shape index (κ2) is 6.88. The lowest BCUT2D eigenvalue weighted by Gasteiger charge is -2.12. The Bertz CT molecular complexity index is 1060. The zero-order valence-electron chi connectivity index (χ0n) is 14.8. The van der Waals surface area contributed by atoms with Gasteiger partial charge in [0.25, 0.3) is 0 Å². The van der Waals surface area contributed by atoms with Crippen molar-refractivity contribution in [2.24, 2.45) is 0 Å². The Kier molecular flexibility index (Phi) is 4.63. The molecule has 0 radical (unpaired) electrons. The maximum atomic E-state index is 12.5. The molecule has 0 aliphatic carbocycles. The molecule has 0 spiro atoms. The summed E-state index contributed by atoms with van der Waals surface area (Å²) in [6.07, 6.45) is 3.01. The highest BCUT2D eigenvalue weighted by molar-refractivity contribution is 6.10. The van der Waals surface area contributed by atoms with Crippen molar-refractivity contribution in [1.29, 1.82) is 0 Å². The van der Waals surface area contributed by atoms with Crippen LogP contribution in [0, 0.1) is 6.92 Å². The summed E-state index contributed by atoms with van der Waals surface area (Å²) in [5, 5.41) is 11.1. The van der Waals surface area contributed by atoms with Crippen LogP contribution in [0.15, 0.2) is 64.0 Å². The van der Waals surface area contributed by atoms with Gasteiger partial charge in [0.2, 0.25) is 0 Å². The van der Waals surface area contributed by atoms with Crippen molar-refractivity contribution >= 4 is 16.8 Å². The van der Waals surface area contributed by atoms with Crippen LogP contribution in [0.25, 0.3) is 22.1 Å². The number of aromatic hydroxyl groups is 1. The van der Waals surface area contributed by atoms with E-state index in [1.54, 1.807) is 38.2 Å². The van der Waals surface area contributed by atoms with Gasteiger partial charge in [0.15, 0.2) is 5.78 Å². The zero-order valence-corrected chi connectivity index (χ0v) is 14.8. The fraction of sp³-hybridized carbons (Fsp3) is 0.143. The van der Waals surface area contributed by atoms with E-state index in [4.69, 9.17) is 4.42 Å². The van der Waals surface area contributed by atoms with Crippen LogP contribution < -0.4 is 5.63 Å². The van der Waals surface area contributed by atoms with Crippen LogP contribution in [0.5, 0.6) is 5.75 Å². The predicted molar refractivity (Wildman–Crippen MR) is 101 cm³/mol. The normalized spacial score (nSPS) is 11.2. The second-order valence-electron chi connectivity index (χ2n) is 6.26. The molecule has 0 atom stereocenters. The highest BCUT2D eigenvalue weighted by Gasteiger charge is 2.19. The van der Waals surface area contributed by atoms with Crippen LogP contribution in [-0.4, -0.2) is 29.9 Å². The molecule has 1 N–H and O–H groups in total. The highest BCUT2D eigenvalue weighted by atomic mass is 16.4. The lowest BCUT2D eigenvalue weighted by molar-refractivity contribution is 0.104. The molecule has 26 heavy (non-hydrogen) atoms. The summed E-state index contributed by atoms with van der Waals surface area (Å²) in [4.78, 5) is 26.3. The number of allylic oxidation sites excluding steroid dienone is 1. The monoisotopic (exact) mass is 349 g/mol. The number of ketones is 1. The number of fused-ring (bicyclic) bond motifs is 1. The molecular weight excluding hydrogens is 330 g/mol. The van der Waals surface area contributed by atoms with Crippen LogP contribution in [0.1, 0.15) is 15.9 Å². The van der Waals surface area contributed by atoms with Gasteiger partial charge in [-0.2, -0.15) is 0 Å². The Morgan fingerprint density at radius 1 is 1.15 bits per heavy atom. The van der Waals surface area contributed by atoms with E-state index in [-0.39, 0.29) is 22.7 Å². The molecule has 0 saturated carbocycles. The van der Waals surface area contributed by atoms with Crippen LogP contribution >= 0.6 is 0 Å². The van der Waals surface area contributed by atoms with Gasteiger partial charge in [-0.25, -0.2) is 4.79 Å². The molecule has 0 saturated heterocycles. The first kappa shape index (κ1) is 17.5. The van der Waals surface area contributed by atoms with Crippen molar-refractivity contribution in [2.45, 2.75) is 6.92 Å². The minimum absolute atomic E-state index is 0.166. The number of carbonyl (C=O) groups is 1. The smallest absolute Gasteiger partial charge is 0.336 e. The lowest BCUT2D eigenvalue weighted by Crippen LogP contribution is -2.05. The van der Waals surface area contributed by atoms with Crippen molar-refractivity contribution in [3.05, 3.63) is 76.3 Å². The number of rotatable bonds is 4. The summed E-state index contributed by atoms with van der Waals surface area (Å²) in [6.45, 7) is 1.63. The Labute approximate surface area is 150 Å². The van der Waals surface area contributed by atoms with Gasteiger partial charge in [-0.3, -0.25) is 4.79 Å². The van der Waals surface area contributed by atoms with E-state index in [1.165, 1.54) is 12.1 Å². The van der Waals surface area contributed by atoms with E-state index in [2.05, 4.69) is 0 Å². The number of nitrogens with zero attached hydrogens (tertiary/aromatic N) is 1. The zero-order chi connectivity index (χ0) is 18.8. The fourth-order valence-electron chi connectivity index (χ4n) is 2.80. The molecule has 0 aliphatic rings. The standard InChI is InChI=1S/C21H19NO4/c1-13-20(25)17(18(23)9-10-22(2)3)11-16-15(12-19(24)26-21(13)16)14-7-5-4-6-8-14/h4-12,25H,1-3H3. The van der Waals surface area contributed by atoms with Gasteiger partial charge in [-0.15, -0.1) is 0 Å². The van der Waals surface area contributed by atoms with Crippen molar-refractivity contribution < 1.29 is 14.3 Å². The van der Waals surface area contributed by atoms with E-state index in [0.29, 0.717) is 16.5 Å². The summed E-state index contributed by atoms with van der Waals surface area (Å²) in [5.41, 5.74) is 1.79. The number of hydrogen-bond donors (Lipinski definition) is 1. The molecule has 0 bridgehead atoms. The fourth-order valence-corrected chi connectivity index (χ4v) is 2.80. The van der Waals surface area contributed by atoms with Crippen LogP contribution in [0.4, 0.5) is 0 Å². The lowest BCUT2D eigenvalue weighted by atomic mass is 9.96. The minimum atomic E-state index is -0.509. The van der Waals surface area contributed by atoms with E-state index in [1.807, 2.05) is 30.3 Å². The molecule has 1 aromatic heterocycles. The molecule has 0 fully saturated rings. The number of phenolic OH excluding ortho intramolecular Hbond substituents is 1. The third-order valence-electron chi connectivity index (χ3n) is 4.11. The first-order chi connectivity index (χ1) is 12.4. The Hall–Kier alpha value is -3.34. The predicted octanol–water partition coefficient (Wildman–Crippen LogP) is 3.73. The van der Waals surface area contributed by atoms with Crippen LogP contribution in [-0.2, 0) is 0 Å². The molecule has 2 aromatic carbocycles. The van der Waals surface area contributed by atoms with E-state index in [0.717, 1.165) is 5.56 Å². The molecule has 5 nitrogen and oxygen atoms in total. The Morgan fingerprint density at radius 3 is 2.50 bits per heavy atom. The van der Waals surface area contributed by atoms with Crippen molar-refractivity contribution in [1.82, 2.24) is 4.90 Å².